The van der Waals surface area contributed by atoms with Crippen molar-refractivity contribution < 1.29 is 19.4 Å². The molecule has 0 aromatic carbocycles. The molecule has 0 radical (unpaired) electrons. The average molecular weight is 649 g/mol. The number of ether oxygens (including phenoxy) is 1. The van der Waals surface area contributed by atoms with Crippen LogP contribution in [0.25, 0.3) is 0 Å². The number of hydrogen-bond donors (Lipinski definition) is 1. The molecule has 0 aliphatic heterocycles. The lowest BCUT2D eigenvalue weighted by atomic mass is 10.0. The van der Waals surface area contributed by atoms with Crippen molar-refractivity contribution in [1.82, 2.24) is 0 Å². The highest BCUT2D eigenvalue weighted by molar-refractivity contribution is 5.69. The number of esters is 1. The van der Waals surface area contributed by atoms with Crippen LogP contribution in [-0.2, 0) is 14.3 Å². The van der Waals surface area contributed by atoms with E-state index in [4.69, 9.17) is 9.84 Å². The molecule has 0 heterocycles. The fraction of sp³-hybridized carbons (Fsp3) is 0.905. The first-order valence-corrected chi connectivity index (χ1v) is 20.7. The maximum absolute atomic E-state index is 12.3. The standard InChI is InChI=1S/C42H80O4/c1-3-5-6-7-8-9-10-11-12-13-14-15-16-21-24-27-30-33-36-39-42(45)46-40(4-2)37-34-31-28-25-22-19-17-18-20-23-26-29-32-35-38-41(43)44/h11-12,40H,3-10,13-39H2,1-2H3,(H,43,44)/b12-11-. The molecule has 0 aliphatic carbocycles. The normalized spacial score (nSPS) is 12.2. The van der Waals surface area contributed by atoms with Crippen molar-refractivity contribution in [3.63, 3.8) is 0 Å². The van der Waals surface area contributed by atoms with Crippen LogP contribution in [0, 0.1) is 0 Å². The minimum absolute atomic E-state index is 0.0195. The van der Waals surface area contributed by atoms with Gasteiger partial charge in [0.25, 0.3) is 0 Å². The van der Waals surface area contributed by atoms with Gasteiger partial charge in [-0.25, -0.2) is 0 Å². The van der Waals surface area contributed by atoms with Gasteiger partial charge in [0.2, 0.25) is 0 Å². The number of hydrogen-bond acceptors (Lipinski definition) is 3. The van der Waals surface area contributed by atoms with E-state index in [0.717, 1.165) is 38.5 Å². The quantitative estimate of drug-likeness (QED) is 0.0411. The third-order valence-corrected chi connectivity index (χ3v) is 9.56. The summed E-state index contributed by atoms with van der Waals surface area (Å²) in [6.45, 7) is 4.43. The molecular formula is C42H80O4. The summed E-state index contributed by atoms with van der Waals surface area (Å²) in [5.41, 5.74) is 0. The first kappa shape index (κ1) is 44.7. The smallest absolute Gasteiger partial charge is 0.306 e. The SMILES string of the molecule is CCCCCCCC/C=C\CCCCCCCCCCCC(=O)OC(CC)CCCCCCCCCCCCCCCCC(=O)O. The molecule has 0 bridgehead atoms. The van der Waals surface area contributed by atoms with E-state index < -0.39 is 5.97 Å². The van der Waals surface area contributed by atoms with Crippen molar-refractivity contribution in [3.05, 3.63) is 12.2 Å². The lowest BCUT2D eigenvalue weighted by molar-refractivity contribution is -0.149. The van der Waals surface area contributed by atoms with Gasteiger partial charge >= 0.3 is 11.9 Å². The van der Waals surface area contributed by atoms with Crippen LogP contribution in [-0.4, -0.2) is 23.1 Å². The minimum atomic E-state index is -0.666. The highest BCUT2D eigenvalue weighted by Gasteiger charge is 2.12. The van der Waals surface area contributed by atoms with Gasteiger partial charge in [-0.1, -0.05) is 180 Å². The molecule has 0 aromatic rings. The first-order valence-electron chi connectivity index (χ1n) is 20.7. The van der Waals surface area contributed by atoms with Gasteiger partial charge < -0.3 is 9.84 Å². The van der Waals surface area contributed by atoms with Gasteiger partial charge in [-0.15, -0.1) is 0 Å². The molecule has 0 fully saturated rings. The van der Waals surface area contributed by atoms with Gasteiger partial charge in [0, 0.05) is 12.8 Å². The van der Waals surface area contributed by atoms with Crippen molar-refractivity contribution >= 4 is 11.9 Å². The van der Waals surface area contributed by atoms with Gasteiger partial charge in [0.15, 0.2) is 0 Å². The summed E-state index contributed by atoms with van der Waals surface area (Å²) in [7, 11) is 0. The Morgan fingerprint density at radius 3 is 1.22 bits per heavy atom. The third kappa shape index (κ3) is 37.1. The molecule has 1 N–H and O–H groups in total. The van der Waals surface area contributed by atoms with Crippen LogP contribution < -0.4 is 0 Å². The Hall–Kier alpha value is -1.32. The zero-order valence-corrected chi connectivity index (χ0v) is 31.2. The summed E-state index contributed by atoms with van der Waals surface area (Å²) >= 11 is 0. The van der Waals surface area contributed by atoms with Gasteiger partial charge in [-0.2, -0.15) is 0 Å². The molecule has 0 rings (SSSR count). The van der Waals surface area contributed by atoms with Crippen molar-refractivity contribution in [1.29, 1.82) is 0 Å². The van der Waals surface area contributed by atoms with Crippen molar-refractivity contribution in [3.8, 4) is 0 Å². The number of allylic oxidation sites excluding steroid dienone is 2. The van der Waals surface area contributed by atoms with Gasteiger partial charge in [0.05, 0.1) is 0 Å². The molecule has 4 heteroatoms. The summed E-state index contributed by atoms with van der Waals surface area (Å²) in [6, 6.07) is 0. The van der Waals surface area contributed by atoms with Crippen LogP contribution in [0.4, 0.5) is 0 Å². The molecular weight excluding hydrogens is 568 g/mol. The summed E-state index contributed by atoms with van der Waals surface area (Å²) in [6.07, 6.45) is 47.6. The highest BCUT2D eigenvalue weighted by Crippen LogP contribution is 2.17. The molecule has 1 unspecified atom stereocenters. The first-order chi connectivity index (χ1) is 22.6. The predicted octanol–water partition coefficient (Wildman–Crippen LogP) is 14.2. The van der Waals surface area contributed by atoms with E-state index in [0.29, 0.717) is 12.8 Å². The predicted molar refractivity (Wildman–Crippen MR) is 200 cm³/mol. The van der Waals surface area contributed by atoms with Crippen LogP contribution in [0.2, 0.25) is 0 Å². The fourth-order valence-electron chi connectivity index (χ4n) is 6.41. The van der Waals surface area contributed by atoms with Crippen molar-refractivity contribution in [2.75, 3.05) is 0 Å². The lowest BCUT2D eigenvalue weighted by Crippen LogP contribution is -2.17. The molecule has 46 heavy (non-hydrogen) atoms. The van der Waals surface area contributed by atoms with E-state index in [1.165, 1.54) is 173 Å². The average Bonchev–Trinajstić information content (AvgIpc) is 3.04. The zero-order chi connectivity index (χ0) is 33.6. The largest absolute Gasteiger partial charge is 0.481 e. The molecule has 0 saturated carbocycles. The molecule has 0 aliphatic rings. The van der Waals surface area contributed by atoms with E-state index in [-0.39, 0.29) is 12.1 Å². The van der Waals surface area contributed by atoms with Crippen LogP contribution in [0.5, 0.6) is 0 Å². The van der Waals surface area contributed by atoms with Crippen LogP contribution >= 0.6 is 0 Å². The Bertz CT molecular complexity index is 658. The summed E-state index contributed by atoms with van der Waals surface area (Å²) in [5.74, 6) is -0.646. The van der Waals surface area contributed by atoms with Gasteiger partial charge in [-0.05, 0) is 57.8 Å². The summed E-state index contributed by atoms with van der Waals surface area (Å²) in [5, 5.41) is 8.66. The second kappa shape index (κ2) is 38.1. The van der Waals surface area contributed by atoms with Crippen LogP contribution in [0.1, 0.15) is 239 Å². The fourth-order valence-corrected chi connectivity index (χ4v) is 6.41. The molecule has 0 spiro atoms. The van der Waals surface area contributed by atoms with E-state index in [9.17, 15) is 9.59 Å². The molecule has 0 saturated heterocycles. The number of carbonyl (C=O) groups excluding carboxylic acids is 1. The van der Waals surface area contributed by atoms with Gasteiger partial charge in [-0.3, -0.25) is 9.59 Å². The van der Waals surface area contributed by atoms with E-state index in [2.05, 4.69) is 26.0 Å². The maximum Gasteiger partial charge on any atom is 0.306 e. The Morgan fingerprint density at radius 2 is 0.826 bits per heavy atom. The second-order valence-corrected chi connectivity index (χ2v) is 14.2. The van der Waals surface area contributed by atoms with Crippen molar-refractivity contribution in [2.45, 2.75) is 245 Å². The highest BCUT2D eigenvalue weighted by atomic mass is 16.5. The Labute approximate surface area is 287 Å². The van der Waals surface area contributed by atoms with E-state index >= 15 is 0 Å². The Balaban J connectivity index is 3.40. The number of rotatable bonds is 38. The topological polar surface area (TPSA) is 63.6 Å². The van der Waals surface area contributed by atoms with E-state index in [1.54, 1.807) is 0 Å². The summed E-state index contributed by atoms with van der Waals surface area (Å²) < 4.78 is 5.80. The molecule has 0 aromatic heterocycles. The second-order valence-electron chi connectivity index (χ2n) is 14.2. The Morgan fingerprint density at radius 1 is 0.478 bits per heavy atom. The molecule has 0 amide bonds. The zero-order valence-electron chi connectivity index (χ0n) is 31.2. The van der Waals surface area contributed by atoms with Gasteiger partial charge in [0.1, 0.15) is 6.10 Å². The van der Waals surface area contributed by atoms with Crippen LogP contribution in [0.3, 0.4) is 0 Å². The maximum atomic E-state index is 12.3. The molecule has 1 atom stereocenters. The minimum Gasteiger partial charge on any atom is -0.481 e. The lowest BCUT2D eigenvalue weighted by Gasteiger charge is -2.16. The Kier molecular flexibility index (Phi) is 37.0. The number of aliphatic carboxylic acids is 1. The van der Waals surface area contributed by atoms with Crippen molar-refractivity contribution in [2.24, 2.45) is 0 Å². The molecule has 4 nitrogen and oxygen atoms in total. The summed E-state index contributed by atoms with van der Waals surface area (Å²) in [4.78, 5) is 22.8. The monoisotopic (exact) mass is 649 g/mol. The third-order valence-electron chi connectivity index (χ3n) is 9.56. The number of carboxylic acid groups (broad SMARTS) is 1. The number of carbonyl (C=O) groups is 2. The molecule has 272 valence electrons. The number of unbranched alkanes of at least 4 members (excludes halogenated alkanes) is 28. The number of carboxylic acids is 1. The van der Waals surface area contributed by atoms with E-state index in [1.807, 2.05) is 0 Å². The van der Waals surface area contributed by atoms with Crippen LogP contribution in [0.15, 0.2) is 12.2 Å².